The van der Waals surface area contributed by atoms with Crippen molar-refractivity contribution in [2.75, 3.05) is 11.9 Å². The average Bonchev–Trinajstić information content (AvgIpc) is 2.53. The normalized spacial score (nSPS) is 20.8. The Morgan fingerprint density at radius 2 is 1.80 bits per heavy atom. The van der Waals surface area contributed by atoms with Crippen molar-refractivity contribution < 1.29 is 32.6 Å². The maximum atomic E-state index is 12.3. The average molecular weight is 359 g/mol. The first-order valence-corrected chi connectivity index (χ1v) is 7.99. The lowest BCUT2D eigenvalue weighted by atomic mass is 9.81. The first-order valence-electron chi connectivity index (χ1n) is 7.99. The monoisotopic (exact) mass is 359 g/mol. The summed E-state index contributed by atoms with van der Waals surface area (Å²) in [5.74, 6) is -1.57. The van der Waals surface area contributed by atoms with Crippen LogP contribution in [0.2, 0.25) is 0 Å². The Labute approximate surface area is 143 Å². The highest BCUT2D eigenvalue weighted by Crippen LogP contribution is 2.30. The zero-order chi connectivity index (χ0) is 18.6. The van der Waals surface area contributed by atoms with E-state index in [1.807, 2.05) is 0 Å². The van der Waals surface area contributed by atoms with E-state index in [2.05, 4.69) is 5.32 Å². The number of hydrogen-bond acceptors (Lipinski definition) is 3. The molecule has 2 N–H and O–H groups in total. The van der Waals surface area contributed by atoms with Crippen molar-refractivity contribution in [2.45, 2.75) is 38.8 Å². The Bertz CT molecular complexity index is 637. The molecule has 1 amide bonds. The number of ether oxygens (including phenoxy) is 1. The van der Waals surface area contributed by atoms with Gasteiger partial charge in [-0.25, -0.2) is 0 Å². The predicted molar refractivity (Wildman–Crippen MR) is 84.4 cm³/mol. The molecule has 8 heteroatoms. The molecule has 1 aliphatic rings. The van der Waals surface area contributed by atoms with Crippen LogP contribution >= 0.6 is 0 Å². The molecule has 0 heterocycles. The smallest absolute Gasteiger partial charge is 0.422 e. The van der Waals surface area contributed by atoms with E-state index in [0.717, 1.165) is 0 Å². The number of carboxylic acids is 1. The first kappa shape index (κ1) is 19.1. The molecule has 1 saturated carbocycles. The molecule has 0 unspecified atom stereocenters. The molecule has 138 valence electrons. The van der Waals surface area contributed by atoms with Gasteiger partial charge in [0, 0.05) is 11.6 Å². The van der Waals surface area contributed by atoms with Crippen molar-refractivity contribution in [2.24, 2.45) is 11.8 Å². The van der Waals surface area contributed by atoms with E-state index in [1.165, 1.54) is 12.1 Å². The second-order valence-electron chi connectivity index (χ2n) is 6.26. The minimum atomic E-state index is -4.41. The molecule has 0 aromatic heterocycles. The van der Waals surface area contributed by atoms with E-state index in [1.54, 1.807) is 13.0 Å². The summed E-state index contributed by atoms with van der Waals surface area (Å²) in [7, 11) is 0. The fraction of sp³-hybridized carbons (Fsp3) is 0.529. The number of aliphatic carboxylic acids is 1. The minimum Gasteiger partial charge on any atom is -0.484 e. The number of carbonyl (C=O) groups excluding carboxylic acids is 1. The Morgan fingerprint density at radius 1 is 1.20 bits per heavy atom. The zero-order valence-electron chi connectivity index (χ0n) is 13.7. The van der Waals surface area contributed by atoms with Crippen LogP contribution in [0.4, 0.5) is 18.9 Å². The van der Waals surface area contributed by atoms with Crippen LogP contribution in [0.25, 0.3) is 0 Å². The lowest BCUT2D eigenvalue weighted by Crippen LogP contribution is -2.29. The Balaban J connectivity index is 1.91. The number of aryl methyl sites for hydroxylation is 1. The third-order valence-electron chi connectivity index (χ3n) is 4.28. The fourth-order valence-electron chi connectivity index (χ4n) is 2.90. The van der Waals surface area contributed by atoms with E-state index in [0.29, 0.717) is 36.9 Å². The third kappa shape index (κ3) is 5.65. The van der Waals surface area contributed by atoms with Gasteiger partial charge < -0.3 is 15.2 Å². The quantitative estimate of drug-likeness (QED) is 0.839. The van der Waals surface area contributed by atoms with Gasteiger partial charge in [-0.2, -0.15) is 13.2 Å². The number of anilines is 1. The minimum absolute atomic E-state index is 0.109. The number of carboxylic acid groups (broad SMARTS) is 1. The number of nitrogens with one attached hydrogen (secondary N) is 1. The number of hydrogen-bond donors (Lipinski definition) is 2. The lowest BCUT2D eigenvalue weighted by molar-refractivity contribution is -0.153. The number of carbonyl (C=O) groups is 2. The Hall–Kier alpha value is -2.25. The van der Waals surface area contributed by atoms with Gasteiger partial charge in [-0.15, -0.1) is 0 Å². The van der Waals surface area contributed by atoms with Crippen LogP contribution in [0.15, 0.2) is 18.2 Å². The van der Waals surface area contributed by atoms with Crippen LogP contribution in [-0.4, -0.2) is 29.8 Å². The molecule has 1 aromatic rings. The molecule has 1 aliphatic carbocycles. The summed E-state index contributed by atoms with van der Waals surface area (Å²) < 4.78 is 41.3. The lowest BCUT2D eigenvalue weighted by Gasteiger charge is -2.25. The maximum absolute atomic E-state index is 12.3. The van der Waals surface area contributed by atoms with Gasteiger partial charge in [0.1, 0.15) is 5.75 Å². The Morgan fingerprint density at radius 3 is 2.32 bits per heavy atom. The molecule has 0 saturated heterocycles. The molecular weight excluding hydrogens is 339 g/mol. The number of halogens is 3. The topological polar surface area (TPSA) is 75.6 Å². The highest BCUT2D eigenvalue weighted by Gasteiger charge is 2.30. The van der Waals surface area contributed by atoms with Crippen LogP contribution < -0.4 is 10.1 Å². The van der Waals surface area contributed by atoms with E-state index < -0.39 is 24.7 Å². The SMILES string of the molecule is Cc1cc(NC(=O)C2CCC(C(=O)O)CC2)ccc1OCC(F)(F)F. The summed E-state index contributed by atoms with van der Waals surface area (Å²) in [6.07, 6.45) is -2.45. The summed E-state index contributed by atoms with van der Waals surface area (Å²) in [6, 6.07) is 4.42. The van der Waals surface area contributed by atoms with Gasteiger partial charge in [0.25, 0.3) is 0 Å². The second kappa shape index (κ2) is 7.76. The maximum Gasteiger partial charge on any atom is 0.422 e. The molecule has 0 aliphatic heterocycles. The molecule has 2 rings (SSSR count). The van der Waals surface area contributed by atoms with Gasteiger partial charge in [-0.3, -0.25) is 9.59 Å². The summed E-state index contributed by atoms with van der Waals surface area (Å²) in [5, 5.41) is 11.7. The number of alkyl halides is 3. The Kier molecular flexibility index (Phi) is 5.92. The van der Waals surface area contributed by atoms with Crippen molar-refractivity contribution >= 4 is 17.6 Å². The summed E-state index contributed by atoms with van der Waals surface area (Å²) in [6.45, 7) is 0.228. The van der Waals surface area contributed by atoms with Gasteiger partial charge in [0.2, 0.25) is 5.91 Å². The van der Waals surface area contributed by atoms with Crippen molar-refractivity contribution in [1.82, 2.24) is 0 Å². The molecule has 0 atom stereocenters. The van der Waals surface area contributed by atoms with Crippen LogP contribution in [0.3, 0.4) is 0 Å². The van der Waals surface area contributed by atoms with Crippen LogP contribution in [-0.2, 0) is 9.59 Å². The first-order chi connectivity index (χ1) is 11.7. The summed E-state index contributed by atoms with van der Waals surface area (Å²) >= 11 is 0. The molecule has 25 heavy (non-hydrogen) atoms. The molecule has 1 fully saturated rings. The molecular formula is C17H20F3NO4. The zero-order valence-corrected chi connectivity index (χ0v) is 13.7. The summed E-state index contributed by atoms with van der Waals surface area (Å²) in [5.41, 5.74) is 0.957. The predicted octanol–water partition coefficient (Wildman–Crippen LogP) is 3.77. The molecule has 5 nitrogen and oxygen atoms in total. The van der Waals surface area contributed by atoms with E-state index in [4.69, 9.17) is 9.84 Å². The van der Waals surface area contributed by atoms with Crippen LogP contribution in [0.5, 0.6) is 5.75 Å². The van der Waals surface area contributed by atoms with Gasteiger partial charge >= 0.3 is 12.1 Å². The van der Waals surface area contributed by atoms with Gasteiger partial charge in [0.15, 0.2) is 6.61 Å². The van der Waals surface area contributed by atoms with Gasteiger partial charge in [-0.1, -0.05) is 0 Å². The number of benzene rings is 1. The highest BCUT2D eigenvalue weighted by molar-refractivity contribution is 5.92. The van der Waals surface area contributed by atoms with Crippen molar-refractivity contribution in [3.05, 3.63) is 23.8 Å². The highest BCUT2D eigenvalue weighted by atomic mass is 19.4. The van der Waals surface area contributed by atoms with Crippen LogP contribution in [0.1, 0.15) is 31.2 Å². The van der Waals surface area contributed by atoms with E-state index in [-0.39, 0.29) is 17.6 Å². The van der Waals surface area contributed by atoms with Gasteiger partial charge in [-0.05, 0) is 56.4 Å². The van der Waals surface area contributed by atoms with E-state index >= 15 is 0 Å². The largest absolute Gasteiger partial charge is 0.484 e. The van der Waals surface area contributed by atoms with Crippen molar-refractivity contribution in [1.29, 1.82) is 0 Å². The summed E-state index contributed by atoms with van der Waals surface area (Å²) in [4.78, 5) is 23.2. The van der Waals surface area contributed by atoms with Crippen molar-refractivity contribution in [3.8, 4) is 5.75 Å². The molecule has 0 spiro atoms. The molecule has 0 radical (unpaired) electrons. The standard InChI is InChI=1S/C17H20F3NO4/c1-10-8-13(6-7-14(10)25-9-17(18,19)20)21-15(22)11-2-4-12(5-3-11)16(23)24/h6-8,11-12H,2-5,9H2,1H3,(H,21,22)(H,23,24). The fourth-order valence-corrected chi connectivity index (χ4v) is 2.90. The van der Waals surface area contributed by atoms with Gasteiger partial charge in [0.05, 0.1) is 5.92 Å². The van der Waals surface area contributed by atoms with Crippen LogP contribution in [0, 0.1) is 18.8 Å². The number of rotatable bonds is 5. The molecule has 0 bridgehead atoms. The van der Waals surface area contributed by atoms with Crippen molar-refractivity contribution in [3.63, 3.8) is 0 Å². The number of amides is 1. The molecule has 1 aromatic carbocycles. The second-order valence-corrected chi connectivity index (χ2v) is 6.26. The van der Waals surface area contributed by atoms with E-state index in [9.17, 15) is 22.8 Å². The third-order valence-corrected chi connectivity index (χ3v) is 4.28.